The van der Waals surface area contributed by atoms with Crippen molar-refractivity contribution in [3.8, 4) is 0 Å². The Morgan fingerprint density at radius 2 is 0.537 bits per heavy atom. The van der Waals surface area contributed by atoms with Crippen molar-refractivity contribution < 1.29 is 28.6 Å². The third kappa shape index (κ3) is 53.9. The average Bonchev–Trinajstić information content (AvgIpc) is 3.33. The van der Waals surface area contributed by atoms with Crippen molar-refractivity contribution in [3.05, 3.63) is 60.8 Å². The first-order chi connectivity index (χ1) is 33.0. The number of unbranched alkanes of at least 4 members (excludes halogenated alkanes) is 31. The highest BCUT2D eigenvalue weighted by Gasteiger charge is 2.19. The number of ether oxygens (including phenoxy) is 3. The van der Waals surface area contributed by atoms with Crippen LogP contribution < -0.4 is 0 Å². The normalized spacial score (nSPS) is 12.5. The van der Waals surface area contributed by atoms with Crippen LogP contribution in [-0.4, -0.2) is 37.2 Å². The van der Waals surface area contributed by atoms with Crippen LogP contribution in [0.4, 0.5) is 0 Å². The van der Waals surface area contributed by atoms with E-state index in [2.05, 4.69) is 81.5 Å². The van der Waals surface area contributed by atoms with Crippen molar-refractivity contribution in [2.75, 3.05) is 13.2 Å². The molecule has 0 saturated heterocycles. The summed E-state index contributed by atoms with van der Waals surface area (Å²) in [5, 5.41) is 0. The lowest BCUT2D eigenvalue weighted by Crippen LogP contribution is -2.30. The molecule has 1 atom stereocenters. The second kappa shape index (κ2) is 55.7. The van der Waals surface area contributed by atoms with Crippen LogP contribution in [-0.2, 0) is 28.6 Å². The predicted octanol–water partition coefficient (Wildman–Crippen LogP) is 19.2. The maximum absolute atomic E-state index is 12.8. The molecule has 0 rings (SSSR count). The van der Waals surface area contributed by atoms with Crippen molar-refractivity contribution in [3.63, 3.8) is 0 Å². The lowest BCUT2D eigenvalue weighted by atomic mass is 10.1. The van der Waals surface area contributed by atoms with Crippen molar-refractivity contribution in [1.29, 1.82) is 0 Å². The first-order valence-corrected chi connectivity index (χ1v) is 28.8. The van der Waals surface area contributed by atoms with Crippen LogP contribution in [0.3, 0.4) is 0 Å². The fraction of sp³-hybridized carbons (Fsp3) is 0.787. The number of hydrogen-bond acceptors (Lipinski definition) is 6. The molecule has 0 radical (unpaired) electrons. The Kier molecular flexibility index (Phi) is 53.3. The zero-order valence-electron chi connectivity index (χ0n) is 44.4. The number of hydrogen-bond donors (Lipinski definition) is 0. The van der Waals surface area contributed by atoms with Gasteiger partial charge in [0.05, 0.1) is 0 Å². The van der Waals surface area contributed by atoms with Gasteiger partial charge in [0.25, 0.3) is 0 Å². The molecule has 0 aliphatic rings. The molecule has 0 aromatic heterocycles. The molecule has 6 nitrogen and oxygen atoms in total. The standard InChI is InChI=1S/C61H108O6/c1-4-7-10-13-16-19-22-25-28-29-30-31-34-36-39-42-45-48-51-54-60(63)66-57-58(67-61(64)55-52-49-46-43-40-37-33-27-24-21-18-15-12-9-6-3)56-65-59(62)53-50-47-44-41-38-35-32-26-23-20-17-14-11-8-5-2/h18,21,26-27,29-30,32-33,40,43,58H,4-17,19-20,22-25,28,31,34-39,41-42,44-57H2,1-3H3/b21-18-,30-29-,32-26-,33-27-,43-40-/t58-/m1/s1. The van der Waals surface area contributed by atoms with Gasteiger partial charge < -0.3 is 14.2 Å². The SMILES string of the molecule is CCCCC/C=C\C/C=C\C/C=C\CCCCC(=O)O[C@H](COC(=O)CCCCCCC/C=C\CCCCCCCC)COC(=O)CCCCCCCCC/C=C\CCCCCCCCCC. The molecule has 0 aromatic rings. The Morgan fingerprint density at radius 3 is 0.910 bits per heavy atom. The van der Waals surface area contributed by atoms with Crippen molar-refractivity contribution in [1.82, 2.24) is 0 Å². The summed E-state index contributed by atoms with van der Waals surface area (Å²) in [5.41, 5.74) is 0. The molecule has 0 amide bonds. The molecule has 0 bridgehead atoms. The molecule has 0 spiro atoms. The van der Waals surface area contributed by atoms with Gasteiger partial charge in [-0.2, -0.15) is 0 Å². The highest BCUT2D eigenvalue weighted by Crippen LogP contribution is 2.15. The van der Waals surface area contributed by atoms with Crippen LogP contribution in [0.1, 0.15) is 290 Å². The predicted molar refractivity (Wildman–Crippen MR) is 288 cm³/mol. The van der Waals surface area contributed by atoms with E-state index in [9.17, 15) is 14.4 Å². The monoisotopic (exact) mass is 937 g/mol. The Hall–Kier alpha value is -2.89. The number of carbonyl (C=O) groups is 3. The van der Waals surface area contributed by atoms with Crippen LogP contribution in [0.15, 0.2) is 60.8 Å². The number of rotatable bonds is 52. The minimum absolute atomic E-state index is 0.0935. The molecule has 0 aliphatic carbocycles. The molecule has 67 heavy (non-hydrogen) atoms. The van der Waals surface area contributed by atoms with E-state index in [1.807, 2.05) is 0 Å². The minimum Gasteiger partial charge on any atom is -0.462 e. The number of allylic oxidation sites excluding steroid dienone is 10. The largest absolute Gasteiger partial charge is 0.462 e. The van der Waals surface area contributed by atoms with E-state index >= 15 is 0 Å². The van der Waals surface area contributed by atoms with E-state index in [1.165, 1.54) is 173 Å². The summed E-state index contributed by atoms with van der Waals surface area (Å²) in [6.07, 6.45) is 69.2. The quantitative estimate of drug-likeness (QED) is 0.0262. The van der Waals surface area contributed by atoms with E-state index in [0.717, 1.165) is 70.6 Å². The Balaban J connectivity index is 4.42. The lowest BCUT2D eigenvalue weighted by Gasteiger charge is -2.18. The molecule has 0 heterocycles. The fourth-order valence-electron chi connectivity index (χ4n) is 8.09. The van der Waals surface area contributed by atoms with Gasteiger partial charge in [0.1, 0.15) is 13.2 Å². The van der Waals surface area contributed by atoms with Gasteiger partial charge in [-0.25, -0.2) is 0 Å². The van der Waals surface area contributed by atoms with E-state index in [4.69, 9.17) is 14.2 Å². The first-order valence-electron chi connectivity index (χ1n) is 28.8. The summed E-state index contributed by atoms with van der Waals surface area (Å²) in [5.74, 6) is -0.935. The zero-order valence-corrected chi connectivity index (χ0v) is 44.4. The number of carbonyl (C=O) groups excluding carboxylic acids is 3. The topological polar surface area (TPSA) is 78.9 Å². The van der Waals surface area contributed by atoms with Gasteiger partial charge in [-0.15, -0.1) is 0 Å². The number of esters is 3. The summed E-state index contributed by atoms with van der Waals surface area (Å²) in [4.78, 5) is 38.1. The van der Waals surface area contributed by atoms with Gasteiger partial charge in [0, 0.05) is 19.3 Å². The van der Waals surface area contributed by atoms with Crippen molar-refractivity contribution >= 4 is 17.9 Å². The minimum atomic E-state index is -0.799. The molecule has 0 N–H and O–H groups in total. The molecule has 0 aliphatic heterocycles. The summed E-state index contributed by atoms with van der Waals surface area (Å²) >= 11 is 0. The Bertz CT molecular complexity index is 1210. The maximum Gasteiger partial charge on any atom is 0.306 e. The van der Waals surface area contributed by atoms with E-state index < -0.39 is 6.10 Å². The first kappa shape index (κ1) is 64.1. The van der Waals surface area contributed by atoms with Crippen LogP contribution in [0.25, 0.3) is 0 Å². The van der Waals surface area contributed by atoms with E-state index in [1.54, 1.807) is 0 Å². The van der Waals surface area contributed by atoms with Gasteiger partial charge in [-0.3, -0.25) is 14.4 Å². The molecular formula is C61H108O6. The van der Waals surface area contributed by atoms with Gasteiger partial charge >= 0.3 is 17.9 Å². The van der Waals surface area contributed by atoms with Crippen LogP contribution in [0.2, 0.25) is 0 Å². The fourth-order valence-corrected chi connectivity index (χ4v) is 8.09. The van der Waals surface area contributed by atoms with Crippen LogP contribution >= 0.6 is 0 Å². The van der Waals surface area contributed by atoms with Gasteiger partial charge in [-0.05, 0) is 109 Å². The van der Waals surface area contributed by atoms with Gasteiger partial charge in [-0.1, -0.05) is 223 Å². The zero-order chi connectivity index (χ0) is 48.6. The summed E-state index contributed by atoms with van der Waals surface area (Å²) in [6.45, 7) is 6.58. The Labute approximate surface area is 415 Å². The van der Waals surface area contributed by atoms with E-state index in [0.29, 0.717) is 19.3 Å². The smallest absolute Gasteiger partial charge is 0.306 e. The molecule has 0 aromatic carbocycles. The second-order valence-electron chi connectivity index (χ2n) is 19.2. The molecule has 388 valence electrons. The maximum atomic E-state index is 12.8. The highest BCUT2D eigenvalue weighted by atomic mass is 16.6. The van der Waals surface area contributed by atoms with Crippen LogP contribution in [0, 0.1) is 0 Å². The van der Waals surface area contributed by atoms with Gasteiger partial charge in [0.15, 0.2) is 6.10 Å². The third-order valence-electron chi connectivity index (χ3n) is 12.5. The van der Waals surface area contributed by atoms with E-state index in [-0.39, 0.29) is 37.5 Å². The van der Waals surface area contributed by atoms with Crippen molar-refractivity contribution in [2.24, 2.45) is 0 Å². The molecule has 6 heteroatoms. The average molecular weight is 938 g/mol. The second-order valence-corrected chi connectivity index (χ2v) is 19.2. The van der Waals surface area contributed by atoms with Gasteiger partial charge in [0.2, 0.25) is 0 Å². The molecule has 0 fully saturated rings. The lowest BCUT2D eigenvalue weighted by molar-refractivity contribution is -0.167. The Morgan fingerprint density at radius 1 is 0.299 bits per heavy atom. The summed E-state index contributed by atoms with van der Waals surface area (Å²) < 4.78 is 16.8. The van der Waals surface area contributed by atoms with Crippen LogP contribution in [0.5, 0.6) is 0 Å². The molecular weight excluding hydrogens is 829 g/mol. The summed E-state index contributed by atoms with van der Waals surface area (Å²) in [6, 6.07) is 0. The highest BCUT2D eigenvalue weighted by molar-refractivity contribution is 5.71. The molecule has 0 saturated carbocycles. The van der Waals surface area contributed by atoms with Crippen molar-refractivity contribution in [2.45, 2.75) is 297 Å². The molecule has 0 unspecified atom stereocenters. The summed E-state index contributed by atoms with van der Waals surface area (Å²) in [7, 11) is 0. The third-order valence-corrected chi connectivity index (χ3v) is 12.5.